The molecular formula is C13H11BrN4. The average Bonchev–Trinajstić information content (AvgIpc) is 2.87. The van der Waals surface area contributed by atoms with Gasteiger partial charge in [-0.15, -0.1) is 5.10 Å². The van der Waals surface area contributed by atoms with Crippen LogP contribution < -0.4 is 0 Å². The van der Waals surface area contributed by atoms with Crippen molar-refractivity contribution in [3.05, 3.63) is 48.5 Å². The Bertz CT molecular complexity index is 672. The number of aromatic nitrogens is 4. The Morgan fingerprint density at radius 2 is 2.17 bits per heavy atom. The topological polar surface area (TPSA) is 43.6 Å². The lowest BCUT2D eigenvalue weighted by Gasteiger charge is -2.04. The molecule has 3 rings (SSSR count). The third-order valence-electron chi connectivity index (χ3n) is 2.80. The summed E-state index contributed by atoms with van der Waals surface area (Å²) < 4.78 is 1.82. The van der Waals surface area contributed by atoms with Gasteiger partial charge >= 0.3 is 0 Å². The molecule has 0 saturated carbocycles. The second kappa shape index (κ2) is 4.86. The molecule has 18 heavy (non-hydrogen) atoms. The smallest absolute Gasteiger partial charge is 0.0840 e. The summed E-state index contributed by atoms with van der Waals surface area (Å²) in [6, 6.07) is 8.08. The molecule has 0 spiro atoms. The van der Waals surface area contributed by atoms with E-state index in [1.54, 1.807) is 6.20 Å². The van der Waals surface area contributed by atoms with Crippen molar-refractivity contribution >= 4 is 26.7 Å². The van der Waals surface area contributed by atoms with E-state index in [-0.39, 0.29) is 0 Å². The van der Waals surface area contributed by atoms with E-state index >= 15 is 0 Å². The Morgan fingerprint density at radius 3 is 3.06 bits per heavy atom. The zero-order chi connectivity index (χ0) is 12.4. The van der Waals surface area contributed by atoms with Crippen LogP contribution in [0.25, 0.3) is 16.5 Å². The molecule has 0 unspecified atom stereocenters. The molecule has 0 fully saturated rings. The van der Waals surface area contributed by atoms with Crippen LogP contribution in [0.4, 0.5) is 0 Å². The SMILES string of the molecule is BrCCc1cn(-c2cccc3cnccc23)nn1. The first-order valence-electron chi connectivity index (χ1n) is 5.69. The molecule has 0 N–H and O–H groups in total. The number of pyridine rings is 1. The molecule has 5 heteroatoms. The number of nitrogens with zero attached hydrogens (tertiary/aromatic N) is 4. The van der Waals surface area contributed by atoms with Crippen molar-refractivity contribution in [2.75, 3.05) is 5.33 Å². The molecule has 1 aromatic carbocycles. The van der Waals surface area contributed by atoms with Crippen molar-refractivity contribution in [1.29, 1.82) is 0 Å². The molecule has 0 aliphatic carbocycles. The van der Waals surface area contributed by atoms with E-state index in [2.05, 4.69) is 31.2 Å². The van der Waals surface area contributed by atoms with Gasteiger partial charge in [0.1, 0.15) is 0 Å². The lowest BCUT2D eigenvalue weighted by molar-refractivity contribution is 0.802. The van der Waals surface area contributed by atoms with Crippen LogP contribution in [0.2, 0.25) is 0 Å². The van der Waals surface area contributed by atoms with Crippen LogP contribution >= 0.6 is 15.9 Å². The predicted octanol–water partition coefficient (Wildman–Crippen LogP) is 2.75. The monoisotopic (exact) mass is 302 g/mol. The van der Waals surface area contributed by atoms with Crippen LogP contribution in [0, 0.1) is 0 Å². The van der Waals surface area contributed by atoms with Crippen LogP contribution in [-0.4, -0.2) is 25.3 Å². The molecule has 0 aliphatic rings. The first-order valence-corrected chi connectivity index (χ1v) is 6.81. The minimum Gasteiger partial charge on any atom is -0.264 e. The minimum atomic E-state index is 0.881. The van der Waals surface area contributed by atoms with Crippen molar-refractivity contribution in [3.63, 3.8) is 0 Å². The summed E-state index contributed by atoms with van der Waals surface area (Å²) in [4.78, 5) is 4.13. The molecule has 4 nitrogen and oxygen atoms in total. The number of rotatable bonds is 3. The molecule has 90 valence electrons. The van der Waals surface area contributed by atoms with Gasteiger partial charge in [0.2, 0.25) is 0 Å². The van der Waals surface area contributed by atoms with E-state index in [1.165, 1.54) is 0 Å². The second-order valence-electron chi connectivity index (χ2n) is 3.97. The Kier molecular flexibility index (Phi) is 3.06. The maximum atomic E-state index is 4.18. The molecule has 0 saturated heterocycles. The van der Waals surface area contributed by atoms with Gasteiger partial charge in [0.15, 0.2) is 0 Å². The highest BCUT2D eigenvalue weighted by Crippen LogP contribution is 2.20. The highest BCUT2D eigenvalue weighted by molar-refractivity contribution is 9.09. The van der Waals surface area contributed by atoms with Crippen LogP contribution in [0.15, 0.2) is 42.9 Å². The third-order valence-corrected chi connectivity index (χ3v) is 3.19. The van der Waals surface area contributed by atoms with Gasteiger partial charge in [0, 0.05) is 34.9 Å². The fourth-order valence-corrected chi connectivity index (χ4v) is 2.34. The Morgan fingerprint density at radius 1 is 1.22 bits per heavy atom. The summed E-state index contributed by atoms with van der Waals surface area (Å²) in [5.74, 6) is 0. The van der Waals surface area contributed by atoms with Crippen molar-refractivity contribution in [2.45, 2.75) is 6.42 Å². The van der Waals surface area contributed by atoms with Crippen LogP contribution in [0.3, 0.4) is 0 Å². The molecule has 0 aliphatic heterocycles. The van der Waals surface area contributed by atoms with Gasteiger partial charge in [-0.3, -0.25) is 4.98 Å². The highest BCUT2D eigenvalue weighted by Gasteiger charge is 2.05. The Labute approximate surface area is 113 Å². The van der Waals surface area contributed by atoms with Crippen LogP contribution in [0.1, 0.15) is 5.69 Å². The van der Waals surface area contributed by atoms with E-state index in [0.717, 1.165) is 33.9 Å². The minimum absolute atomic E-state index is 0.881. The van der Waals surface area contributed by atoms with E-state index in [9.17, 15) is 0 Å². The number of alkyl halides is 1. The molecular weight excluding hydrogens is 292 g/mol. The summed E-state index contributed by atoms with van der Waals surface area (Å²) >= 11 is 3.41. The fourth-order valence-electron chi connectivity index (χ4n) is 1.93. The summed E-state index contributed by atoms with van der Waals surface area (Å²) in [5, 5.41) is 11.5. The number of hydrogen-bond donors (Lipinski definition) is 0. The number of aryl methyl sites for hydroxylation is 1. The van der Waals surface area contributed by atoms with Crippen LogP contribution in [0.5, 0.6) is 0 Å². The lowest BCUT2D eigenvalue weighted by Crippen LogP contribution is -1.96. The standard InChI is InChI=1S/C13H11BrN4/c14-6-4-11-9-18(17-16-11)13-3-1-2-10-8-15-7-5-12(10)13/h1-3,5,7-9H,4,6H2. The zero-order valence-corrected chi connectivity index (χ0v) is 11.2. The molecule has 0 atom stereocenters. The third kappa shape index (κ3) is 2.01. The van der Waals surface area contributed by atoms with Gasteiger partial charge in [-0.1, -0.05) is 33.3 Å². The first kappa shape index (κ1) is 11.3. The largest absolute Gasteiger partial charge is 0.264 e. The van der Waals surface area contributed by atoms with Crippen molar-refractivity contribution in [2.24, 2.45) is 0 Å². The van der Waals surface area contributed by atoms with Gasteiger partial charge in [-0.2, -0.15) is 0 Å². The number of fused-ring (bicyclic) bond motifs is 1. The summed E-state index contributed by atoms with van der Waals surface area (Å²) in [5.41, 5.74) is 2.01. The molecule has 2 heterocycles. The van der Waals surface area contributed by atoms with Gasteiger partial charge in [0.05, 0.1) is 17.6 Å². The average molecular weight is 303 g/mol. The van der Waals surface area contributed by atoms with Crippen molar-refractivity contribution in [1.82, 2.24) is 20.0 Å². The molecule has 3 aromatic rings. The van der Waals surface area contributed by atoms with Crippen molar-refractivity contribution in [3.8, 4) is 5.69 Å². The summed E-state index contributed by atoms with van der Waals surface area (Å²) in [6.45, 7) is 0. The van der Waals surface area contributed by atoms with Gasteiger partial charge in [-0.05, 0) is 12.1 Å². The highest BCUT2D eigenvalue weighted by atomic mass is 79.9. The van der Waals surface area contributed by atoms with Gasteiger partial charge < -0.3 is 0 Å². The van der Waals surface area contributed by atoms with Crippen molar-refractivity contribution < 1.29 is 0 Å². The normalized spacial score (nSPS) is 10.9. The summed E-state index contributed by atoms with van der Waals surface area (Å²) in [6.07, 6.45) is 6.50. The Hall–Kier alpha value is -1.75. The second-order valence-corrected chi connectivity index (χ2v) is 4.76. The van der Waals surface area contributed by atoms with E-state index in [0.29, 0.717) is 0 Å². The summed E-state index contributed by atoms with van der Waals surface area (Å²) in [7, 11) is 0. The fraction of sp³-hybridized carbons (Fsp3) is 0.154. The molecule has 0 amide bonds. The first-order chi connectivity index (χ1) is 8.88. The number of halogens is 1. The van der Waals surface area contributed by atoms with E-state index in [4.69, 9.17) is 0 Å². The lowest BCUT2D eigenvalue weighted by atomic mass is 10.1. The van der Waals surface area contributed by atoms with Gasteiger partial charge in [-0.25, -0.2) is 4.68 Å². The number of hydrogen-bond acceptors (Lipinski definition) is 3. The maximum Gasteiger partial charge on any atom is 0.0840 e. The molecule has 0 bridgehead atoms. The number of benzene rings is 1. The zero-order valence-electron chi connectivity index (χ0n) is 9.62. The maximum absolute atomic E-state index is 4.18. The molecule has 0 radical (unpaired) electrons. The Balaban J connectivity index is 2.12. The van der Waals surface area contributed by atoms with Gasteiger partial charge in [0.25, 0.3) is 0 Å². The van der Waals surface area contributed by atoms with E-state index < -0.39 is 0 Å². The quantitative estimate of drug-likeness (QED) is 0.699. The van der Waals surface area contributed by atoms with Crippen LogP contribution in [-0.2, 0) is 6.42 Å². The van der Waals surface area contributed by atoms with E-state index in [1.807, 2.05) is 41.3 Å². The predicted molar refractivity (Wildman–Crippen MR) is 74.2 cm³/mol. The molecule has 2 aromatic heterocycles.